The summed E-state index contributed by atoms with van der Waals surface area (Å²) in [5, 5.41) is 0. The molecular weight excluding hydrogens is 192 g/mol. The second-order valence-electron chi connectivity index (χ2n) is 2.40. The normalized spacial score (nSPS) is 8.27. The van der Waals surface area contributed by atoms with Crippen LogP contribution in [0.2, 0.25) is 0 Å². The van der Waals surface area contributed by atoms with Gasteiger partial charge in [-0.15, -0.1) is 12.3 Å². The molecular formula is C11H10N2O2. The van der Waals surface area contributed by atoms with Gasteiger partial charge in [-0.2, -0.15) is 0 Å². The van der Waals surface area contributed by atoms with Crippen molar-refractivity contribution in [3.63, 3.8) is 0 Å². The Bertz CT molecular complexity index is 413. The molecule has 0 atom stereocenters. The molecule has 0 unspecified atom stereocenters. The van der Waals surface area contributed by atoms with E-state index in [1.54, 1.807) is 13.0 Å². The van der Waals surface area contributed by atoms with Gasteiger partial charge in [0.25, 0.3) is 0 Å². The van der Waals surface area contributed by atoms with Gasteiger partial charge in [0.15, 0.2) is 13.2 Å². The number of nitrogens with zero attached hydrogens (tertiary/aromatic N) is 2. The minimum atomic E-state index is 0.172. The average Bonchev–Trinajstić information content (AvgIpc) is 2.27. The molecule has 76 valence electrons. The van der Waals surface area contributed by atoms with Crippen molar-refractivity contribution in [3.05, 3.63) is 12.4 Å². The zero-order valence-electron chi connectivity index (χ0n) is 8.36. The van der Waals surface area contributed by atoms with Crippen LogP contribution in [0.3, 0.4) is 0 Å². The largest absolute Gasteiger partial charge is 0.464 e. The second kappa shape index (κ2) is 6.28. The molecule has 0 saturated carbocycles. The number of rotatable bonds is 4. The summed E-state index contributed by atoms with van der Waals surface area (Å²) in [6.07, 6.45) is 6.39. The minimum Gasteiger partial charge on any atom is -0.464 e. The van der Waals surface area contributed by atoms with Gasteiger partial charge < -0.3 is 9.47 Å². The van der Waals surface area contributed by atoms with Crippen molar-refractivity contribution in [2.75, 3.05) is 13.2 Å². The Kier molecular flexibility index (Phi) is 4.56. The zero-order chi connectivity index (χ0) is 10.9. The molecule has 0 aliphatic heterocycles. The standard InChI is InChI=1S/C11H10N2O2/c1-3-5-7-15-11-8-10(12-9-13-11)14-6-4-2/h2,8-9H,6-7H2,1H3. The van der Waals surface area contributed by atoms with Crippen LogP contribution in [-0.2, 0) is 0 Å². The fourth-order valence-corrected chi connectivity index (χ4v) is 0.779. The predicted octanol–water partition coefficient (Wildman–Crippen LogP) is 0.891. The van der Waals surface area contributed by atoms with E-state index in [2.05, 4.69) is 27.7 Å². The summed E-state index contributed by atoms with van der Waals surface area (Å²) in [6, 6.07) is 1.56. The highest BCUT2D eigenvalue weighted by molar-refractivity contribution is 5.19. The van der Waals surface area contributed by atoms with Crippen molar-refractivity contribution >= 4 is 0 Å². The average molecular weight is 202 g/mol. The van der Waals surface area contributed by atoms with Crippen LogP contribution in [0.15, 0.2) is 12.4 Å². The van der Waals surface area contributed by atoms with E-state index in [4.69, 9.17) is 15.9 Å². The molecule has 15 heavy (non-hydrogen) atoms. The van der Waals surface area contributed by atoms with E-state index >= 15 is 0 Å². The van der Waals surface area contributed by atoms with Gasteiger partial charge in [0.1, 0.15) is 6.33 Å². The maximum Gasteiger partial charge on any atom is 0.221 e. The third-order valence-corrected chi connectivity index (χ3v) is 1.39. The molecule has 0 radical (unpaired) electrons. The monoisotopic (exact) mass is 202 g/mol. The van der Waals surface area contributed by atoms with Crippen LogP contribution < -0.4 is 9.47 Å². The van der Waals surface area contributed by atoms with Gasteiger partial charge in [0.2, 0.25) is 11.8 Å². The SMILES string of the molecule is C#CCOc1cc(OCC#CC)ncn1. The topological polar surface area (TPSA) is 44.2 Å². The summed E-state index contributed by atoms with van der Waals surface area (Å²) < 4.78 is 10.3. The lowest BCUT2D eigenvalue weighted by atomic mass is 10.6. The van der Waals surface area contributed by atoms with Crippen molar-refractivity contribution in [1.29, 1.82) is 0 Å². The van der Waals surface area contributed by atoms with E-state index in [0.717, 1.165) is 0 Å². The van der Waals surface area contributed by atoms with Gasteiger partial charge in [-0.1, -0.05) is 11.8 Å². The number of aromatic nitrogens is 2. The first-order valence-corrected chi connectivity index (χ1v) is 4.27. The van der Waals surface area contributed by atoms with Gasteiger partial charge in [0.05, 0.1) is 6.07 Å². The Balaban J connectivity index is 2.56. The van der Waals surface area contributed by atoms with E-state index in [1.807, 2.05) is 0 Å². The highest BCUT2D eigenvalue weighted by Gasteiger charge is 1.98. The molecule has 4 heteroatoms. The molecule has 1 aromatic rings. The van der Waals surface area contributed by atoms with Crippen LogP contribution in [-0.4, -0.2) is 23.2 Å². The van der Waals surface area contributed by atoms with E-state index in [0.29, 0.717) is 18.4 Å². The number of hydrogen-bond donors (Lipinski definition) is 0. The number of ether oxygens (including phenoxy) is 2. The van der Waals surface area contributed by atoms with Gasteiger partial charge >= 0.3 is 0 Å². The molecule has 1 heterocycles. The smallest absolute Gasteiger partial charge is 0.221 e. The van der Waals surface area contributed by atoms with E-state index in [9.17, 15) is 0 Å². The number of hydrogen-bond acceptors (Lipinski definition) is 4. The molecule has 0 N–H and O–H groups in total. The molecule has 0 amide bonds. The van der Waals surface area contributed by atoms with E-state index in [-0.39, 0.29) is 6.61 Å². The third kappa shape index (κ3) is 4.02. The maximum atomic E-state index is 5.21. The summed E-state index contributed by atoms with van der Waals surface area (Å²) in [4.78, 5) is 7.75. The molecule has 0 fully saturated rings. The van der Waals surface area contributed by atoms with Gasteiger partial charge in [-0.25, -0.2) is 9.97 Å². The van der Waals surface area contributed by atoms with Crippen LogP contribution >= 0.6 is 0 Å². The molecule has 0 aliphatic carbocycles. The molecule has 0 spiro atoms. The lowest BCUT2D eigenvalue weighted by molar-refractivity contribution is 0.332. The predicted molar refractivity (Wildman–Crippen MR) is 55.3 cm³/mol. The maximum absolute atomic E-state index is 5.21. The van der Waals surface area contributed by atoms with Crippen molar-refractivity contribution in [2.45, 2.75) is 6.92 Å². The Morgan fingerprint density at radius 1 is 1.27 bits per heavy atom. The van der Waals surface area contributed by atoms with Crippen molar-refractivity contribution in [1.82, 2.24) is 9.97 Å². The summed E-state index contributed by atoms with van der Waals surface area (Å²) in [7, 11) is 0. The van der Waals surface area contributed by atoms with E-state index < -0.39 is 0 Å². The van der Waals surface area contributed by atoms with Crippen molar-refractivity contribution in [3.8, 4) is 35.9 Å². The Labute approximate surface area is 88.7 Å². The van der Waals surface area contributed by atoms with Gasteiger partial charge in [0, 0.05) is 0 Å². The lowest BCUT2D eigenvalue weighted by Crippen LogP contribution is -2.00. The Hall–Kier alpha value is -2.20. The number of terminal acetylenes is 1. The molecule has 1 aromatic heterocycles. The summed E-state index contributed by atoms with van der Waals surface area (Å²) >= 11 is 0. The zero-order valence-corrected chi connectivity index (χ0v) is 8.36. The Morgan fingerprint density at radius 3 is 2.53 bits per heavy atom. The fourth-order valence-electron chi connectivity index (χ4n) is 0.779. The second-order valence-corrected chi connectivity index (χ2v) is 2.40. The van der Waals surface area contributed by atoms with Crippen LogP contribution in [0, 0.1) is 24.2 Å². The Morgan fingerprint density at radius 2 is 1.93 bits per heavy atom. The first kappa shape index (κ1) is 10.9. The molecule has 0 saturated heterocycles. The van der Waals surface area contributed by atoms with Crippen molar-refractivity contribution in [2.24, 2.45) is 0 Å². The molecule has 0 bridgehead atoms. The van der Waals surface area contributed by atoms with Crippen molar-refractivity contribution < 1.29 is 9.47 Å². The van der Waals surface area contributed by atoms with Gasteiger partial charge in [-0.3, -0.25) is 0 Å². The fraction of sp³-hybridized carbons (Fsp3) is 0.273. The highest BCUT2D eigenvalue weighted by Crippen LogP contribution is 2.12. The first-order valence-electron chi connectivity index (χ1n) is 4.27. The quantitative estimate of drug-likeness (QED) is 0.680. The van der Waals surface area contributed by atoms with Gasteiger partial charge in [-0.05, 0) is 6.92 Å². The third-order valence-electron chi connectivity index (χ3n) is 1.39. The lowest BCUT2D eigenvalue weighted by Gasteiger charge is -2.03. The van der Waals surface area contributed by atoms with Crippen LogP contribution in [0.5, 0.6) is 11.8 Å². The minimum absolute atomic E-state index is 0.172. The van der Waals surface area contributed by atoms with Crippen LogP contribution in [0.1, 0.15) is 6.92 Å². The van der Waals surface area contributed by atoms with E-state index in [1.165, 1.54) is 6.33 Å². The highest BCUT2D eigenvalue weighted by atomic mass is 16.5. The summed E-state index contributed by atoms with van der Waals surface area (Å²) in [5.74, 6) is 8.61. The van der Waals surface area contributed by atoms with Crippen LogP contribution in [0.25, 0.3) is 0 Å². The summed E-state index contributed by atoms with van der Waals surface area (Å²) in [5.41, 5.74) is 0. The molecule has 0 aliphatic rings. The molecule has 0 aromatic carbocycles. The van der Waals surface area contributed by atoms with Crippen LogP contribution in [0.4, 0.5) is 0 Å². The first-order chi connectivity index (χ1) is 7.36. The summed E-state index contributed by atoms with van der Waals surface area (Å²) in [6.45, 7) is 2.21. The molecule has 4 nitrogen and oxygen atoms in total. The molecule has 1 rings (SSSR count).